The van der Waals surface area contributed by atoms with E-state index in [0.717, 1.165) is 32.1 Å². The fraction of sp³-hybridized carbons (Fsp3) is 0.846. The summed E-state index contributed by atoms with van der Waals surface area (Å²) in [4.78, 5) is 22.5. The summed E-state index contributed by atoms with van der Waals surface area (Å²) in [5.41, 5.74) is 1.61. The second-order valence-electron chi connectivity index (χ2n) is 4.97. The van der Waals surface area contributed by atoms with Gasteiger partial charge in [-0.2, -0.15) is 0 Å². The SMILES string of the molecule is O=C(CCCCCNC(=O)C1CCCCC1)NO. The maximum Gasteiger partial charge on any atom is 0.243 e. The van der Waals surface area contributed by atoms with Crippen LogP contribution in [-0.2, 0) is 9.59 Å². The standard InChI is InChI=1S/C13H24N2O3/c16-12(15-18)9-5-2-6-10-14-13(17)11-7-3-1-4-8-11/h11,18H,1-10H2,(H,14,17)(H,15,16). The summed E-state index contributed by atoms with van der Waals surface area (Å²) in [5, 5.41) is 11.3. The van der Waals surface area contributed by atoms with E-state index in [0.29, 0.717) is 13.0 Å². The molecular formula is C13H24N2O3. The highest BCUT2D eigenvalue weighted by Gasteiger charge is 2.20. The number of carbonyl (C=O) groups is 2. The number of hydrogen-bond acceptors (Lipinski definition) is 3. The van der Waals surface area contributed by atoms with Gasteiger partial charge in [-0.3, -0.25) is 14.8 Å². The first-order valence-electron chi connectivity index (χ1n) is 6.94. The van der Waals surface area contributed by atoms with Crippen molar-refractivity contribution in [2.45, 2.75) is 57.8 Å². The Hall–Kier alpha value is -1.10. The zero-order valence-electron chi connectivity index (χ0n) is 10.9. The molecule has 1 saturated carbocycles. The largest absolute Gasteiger partial charge is 0.356 e. The molecule has 1 fully saturated rings. The number of carbonyl (C=O) groups excluding carboxylic acids is 2. The molecule has 0 heterocycles. The Morgan fingerprint density at radius 1 is 1.06 bits per heavy atom. The van der Waals surface area contributed by atoms with Gasteiger partial charge in [0.15, 0.2) is 0 Å². The second-order valence-corrected chi connectivity index (χ2v) is 4.97. The summed E-state index contributed by atoms with van der Waals surface area (Å²) in [5.74, 6) is 0.0722. The van der Waals surface area contributed by atoms with E-state index >= 15 is 0 Å². The van der Waals surface area contributed by atoms with Crippen molar-refractivity contribution in [3.63, 3.8) is 0 Å². The molecule has 0 bridgehead atoms. The molecule has 3 N–H and O–H groups in total. The molecule has 1 aliphatic rings. The third-order valence-electron chi connectivity index (χ3n) is 3.48. The highest BCUT2D eigenvalue weighted by molar-refractivity contribution is 5.78. The third kappa shape index (κ3) is 6.00. The fourth-order valence-corrected chi connectivity index (χ4v) is 2.36. The molecule has 0 radical (unpaired) electrons. The van der Waals surface area contributed by atoms with Crippen LogP contribution in [0.1, 0.15) is 57.8 Å². The van der Waals surface area contributed by atoms with Gasteiger partial charge in [-0.05, 0) is 25.7 Å². The lowest BCUT2D eigenvalue weighted by Gasteiger charge is -2.20. The second kappa shape index (κ2) is 8.91. The van der Waals surface area contributed by atoms with E-state index in [9.17, 15) is 9.59 Å². The van der Waals surface area contributed by atoms with Crippen molar-refractivity contribution in [3.8, 4) is 0 Å². The van der Waals surface area contributed by atoms with Gasteiger partial charge in [-0.1, -0.05) is 25.7 Å². The Balaban J connectivity index is 1.96. The molecule has 0 atom stereocenters. The van der Waals surface area contributed by atoms with E-state index in [1.165, 1.54) is 19.3 Å². The average molecular weight is 256 g/mol. The minimum absolute atomic E-state index is 0.197. The van der Waals surface area contributed by atoms with E-state index in [1.54, 1.807) is 5.48 Å². The van der Waals surface area contributed by atoms with Crippen LogP contribution in [0.15, 0.2) is 0 Å². The summed E-state index contributed by atoms with van der Waals surface area (Å²) < 4.78 is 0. The zero-order chi connectivity index (χ0) is 13.2. The molecule has 0 aromatic carbocycles. The molecular weight excluding hydrogens is 232 g/mol. The highest BCUT2D eigenvalue weighted by Crippen LogP contribution is 2.23. The van der Waals surface area contributed by atoms with E-state index < -0.39 is 0 Å². The van der Waals surface area contributed by atoms with Crippen molar-refractivity contribution in [1.29, 1.82) is 0 Å². The predicted octanol–water partition coefficient (Wildman–Crippen LogP) is 1.75. The predicted molar refractivity (Wildman–Crippen MR) is 68.0 cm³/mol. The van der Waals surface area contributed by atoms with Crippen molar-refractivity contribution in [2.75, 3.05) is 6.54 Å². The maximum absolute atomic E-state index is 11.8. The molecule has 0 aromatic heterocycles. The Morgan fingerprint density at radius 3 is 2.44 bits per heavy atom. The lowest BCUT2D eigenvalue weighted by Crippen LogP contribution is -2.32. The minimum Gasteiger partial charge on any atom is -0.356 e. The van der Waals surface area contributed by atoms with Crippen molar-refractivity contribution in [2.24, 2.45) is 5.92 Å². The molecule has 18 heavy (non-hydrogen) atoms. The molecule has 104 valence electrons. The fourth-order valence-electron chi connectivity index (χ4n) is 2.36. The van der Waals surface area contributed by atoms with Crippen LogP contribution in [0.4, 0.5) is 0 Å². The van der Waals surface area contributed by atoms with Gasteiger partial charge in [0.25, 0.3) is 0 Å². The van der Waals surface area contributed by atoms with Gasteiger partial charge < -0.3 is 5.32 Å². The van der Waals surface area contributed by atoms with Gasteiger partial charge in [-0.25, -0.2) is 5.48 Å². The molecule has 5 heteroatoms. The molecule has 0 aliphatic heterocycles. The molecule has 0 spiro atoms. The van der Waals surface area contributed by atoms with Crippen LogP contribution >= 0.6 is 0 Å². The van der Waals surface area contributed by atoms with Crippen molar-refractivity contribution in [1.82, 2.24) is 10.8 Å². The van der Waals surface area contributed by atoms with E-state index in [2.05, 4.69) is 5.32 Å². The highest BCUT2D eigenvalue weighted by atomic mass is 16.5. The molecule has 0 aromatic rings. The first kappa shape index (κ1) is 15.0. The number of amides is 2. The van der Waals surface area contributed by atoms with Gasteiger partial charge in [0, 0.05) is 18.9 Å². The molecule has 1 aliphatic carbocycles. The maximum atomic E-state index is 11.8. The first-order chi connectivity index (χ1) is 8.74. The van der Waals surface area contributed by atoms with Crippen molar-refractivity contribution < 1.29 is 14.8 Å². The molecule has 5 nitrogen and oxygen atoms in total. The van der Waals surface area contributed by atoms with Gasteiger partial charge >= 0.3 is 0 Å². The van der Waals surface area contributed by atoms with Gasteiger partial charge in [0.1, 0.15) is 0 Å². The van der Waals surface area contributed by atoms with Crippen LogP contribution in [0.2, 0.25) is 0 Å². The molecule has 1 rings (SSSR count). The lowest BCUT2D eigenvalue weighted by atomic mass is 9.89. The summed E-state index contributed by atoms with van der Waals surface area (Å²) in [7, 11) is 0. The van der Waals surface area contributed by atoms with E-state index in [1.807, 2.05) is 0 Å². The van der Waals surface area contributed by atoms with Crippen molar-refractivity contribution in [3.05, 3.63) is 0 Å². The number of nitrogens with one attached hydrogen (secondary N) is 2. The normalized spacial score (nSPS) is 16.3. The van der Waals surface area contributed by atoms with Gasteiger partial charge in [-0.15, -0.1) is 0 Å². The van der Waals surface area contributed by atoms with Crippen LogP contribution in [-0.4, -0.2) is 23.6 Å². The number of unbranched alkanes of at least 4 members (excludes halogenated alkanes) is 2. The average Bonchev–Trinajstić information content (AvgIpc) is 2.43. The van der Waals surface area contributed by atoms with Crippen LogP contribution in [0.25, 0.3) is 0 Å². The summed E-state index contributed by atoms with van der Waals surface area (Å²) in [6, 6.07) is 0. The summed E-state index contributed by atoms with van der Waals surface area (Å²) >= 11 is 0. The summed E-state index contributed by atoms with van der Waals surface area (Å²) in [6.45, 7) is 0.691. The van der Waals surface area contributed by atoms with Crippen LogP contribution < -0.4 is 10.8 Å². The summed E-state index contributed by atoms with van der Waals surface area (Å²) in [6.07, 6.45) is 8.53. The molecule has 0 unspecified atom stereocenters. The molecule has 0 saturated heterocycles. The quantitative estimate of drug-likeness (QED) is 0.369. The number of rotatable bonds is 7. The monoisotopic (exact) mass is 256 g/mol. The number of hydrogen-bond donors (Lipinski definition) is 3. The Morgan fingerprint density at radius 2 is 1.78 bits per heavy atom. The van der Waals surface area contributed by atoms with Crippen molar-refractivity contribution >= 4 is 11.8 Å². The first-order valence-corrected chi connectivity index (χ1v) is 6.94. The Bertz CT molecular complexity index is 263. The van der Waals surface area contributed by atoms with Gasteiger partial charge in [0.2, 0.25) is 11.8 Å². The Kier molecular flexibility index (Phi) is 7.41. The smallest absolute Gasteiger partial charge is 0.243 e. The lowest BCUT2D eigenvalue weighted by molar-refractivity contribution is -0.129. The molecule has 2 amide bonds. The van der Waals surface area contributed by atoms with Crippen LogP contribution in [0.5, 0.6) is 0 Å². The Labute approximate surface area is 108 Å². The minimum atomic E-state index is -0.346. The number of hydroxylamine groups is 1. The third-order valence-corrected chi connectivity index (χ3v) is 3.48. The topological polar surface area (TPSA) is 78.4 Å². The van der Waals surface area contributed by atoms with Crippen LogP contribution in [0.3, 0.4) is 0 Å². The zero-order valence-corrected chi connectivity index (χ0v) is 10.9. The van der Waals surface area contributed by atoms with E-state index in [-0.39, 0.29) is 17.7 Å². The van der Waals surface area contributed by atoms with Crippen LogP contribution in [0, 0.1) is 5.92 Å². The van der Waals surface area contributed by atoms with E-state index in [4.69, 9.17) is 5.21 Å². The van der Waals surface area contributed by atoms with Gasteiger partial charge in [0.05, 0.1) is 0 Å².